The molecule has 1 saturated heterocycles. The van der Waals surface area contributed by atoms with Gasteiger partial charge in [0.05, 0.1) is 0 Å². The van der Waals surface area contributed by atoms with Crippen LogP contribution in [-0.2, 0) is 13.0 Å². The van der Waals surface area contributed by atoms with Gasteiger partial charge in [-0.05, 0) is 42.3 Å². The third-order valence-corrected chi connectivity index (χ3v) is 5.10. The summed E-state index contributed by atoms with van der Waals surface area (Å²) in [6, 6.07) is 11.4. The molecule has 130 valence electrons. The lowest BCUT2D eigenvalue weighted by Gasteiger charge is -2.33. The quantitative estimate of drug-likeness (QED) is 0.751. The predicted octanol–water partition coefficient (Wildman–Crippen LogP) is 3.28. The van der Waals surface area contributed by atoms with Crippen LogP contribution < -0.4 is 10.2 Å². The van der Waals surface area contributed by atoms with Gasteiger partial charge in [0, 0.05) is 49.1 Å². The number of aromatic amines is 1. The molecule has 5 heteroatoms. The van der Waals surface area contributed by atoms with Crippen LogP contribution in [0.15, 0.2) is 42.9 Å². The Morgan fingerprint density at radius 2 is 2.04 bits per heavy atom. The standard InChI is InChI=1S/C20H25N5/c1-2-17-12-20(24-14-23-17)25-9-6-18(7-10-25)22-13-15-3-4-16-5-8-21-19(16)11-15/h3-5,8,11-12,14,18,21-22H,2,6-7,9-10,13H2,1H3. The SMILES string of the molecule is CCc1cc(N2CCC(NCc3ccc4cc[nH]c4c3)CC2)ncn1. The first kappa shape index (κ1) is 16.1. The first-order chi connectivity index (χ1) is 12.3. The Balaban J connectivity index is 1.31. The molecule has 0 bridgehead atoms. The molecule has 0 unspecified atom stereocenters. The molecule has 1 fully saturated rings. The van der Waals surface area contributed by atoms with E-state index in [1.807, 2.05) is 6.20 Å². The second kappa shape index (κ2) is 7.23. The molecule has 1 aliphatic heterocycles. The molecule has 0 spiro atoms. The smallest absolute Gasteiger partial charge is 0.132 e. The molecule has 0 radical (unpaired) electrons. The van der Waals surface area contributed by atoms with E-state index in [2.05, 4.69) is 62.4 Å². The molecule has 3 aromatic rings. The minimum atomic E-state index is 0.572. The molecule has 3 heterocycles. The maximum atomic E-state index is 4.44. The van der Waals surface area contributed by atoms with E-state index in [1.54, 1.807) is 6.33 Å². The number of hydrogen-bond acceptors (Lipinski definition) is 4. The number of rotatable bonds is 5. The van der Waals surface area contributed by atoms with E-state index in [-0.39, 0.29) is 0 Å². The lowest BCUT2D eigenvalue weighted by Crippen LogP contribution is -2.42. The van der Waals surface area contributed by atoms with E-state index < -0.39 is 0 Å². The molecule has 2 aromatic heterocycles. The van der Waals surface area contributed by atoms with Crippen LogP contribution in [0.4, 0.5) is 5.82 Å². The van der Waals surface area contributed by atoms with Crippen LogP contribution in [0.2, 0.25) is 0 Å². The molecule has 25 heavy (non-hydrogen) atoms. The number of hydrogen-bond donors (Lipinski definition) is 2. The summed E-state index contributed by atoms with van der Waals surface area (Å²) in [6.07, 6.45) is 6.94. The van der Waals surface area contributed by atoms with Gasteiger partial charge in [0.25, 0.3) is 0 Å². The van der Waals surface area contributed by atoms with Gasteiger partial charge in [-0.2, -0.15) is 0 Å². The van der Waals surface area contributed by atoms with Crippen molar-refractivity contribution >= 4 is 16.7 Å². The molecule has 1 aromatic carbocycles. The van der Waals surface area contributed by atoms with Gasteiger partial charge in [-0.1, -0.05) is 19.1 Å². The Bertz CT molecular complexity index is 833. The average molecular weight is 335 g/mol. The summed E-state index contributed by atoms with van der Waals surface area (Å²) in [6.45, 7) is 5.15. The highest BCUT2D eigenvalue weighted by Gasteiger charge is 2.20. The summed E-state index contributed by atoms with van der Waals surface area (Å²) in [5.74, 6) is 1.07. The molecule has 0 atom stereocenters. The van der Waals surface area contributed by atoms with E-state index in [9.17, 15) is 0 Å². The molecule has 1 aliphatic rings. The van der Waals surface area contributed by atoms with Gasteiger partial charge < -0.3 is 15.2 Å². The van der Waals surface area contributed by atoms with Crippen molar-refractivity contribution in [3.05, 3.63) is 54.1 Å². The summed E-state index contributed by atoms with van der Waals surface area (Å²) in [5, 5.41) is 4.99. The fourth-order valence-electron chi connectivity index (χ4n) is 3.53. The molecule has 2 N–H and O–H groups in total. The summed E-state index contributed by atoms with van der Waals surface area (Å²) >= 11 is 0. The zero-order valence-corrected chi connectivity index (χ0v) is 14.7. The van der Waals surface area contributed by atoms with Crippen molar-refractivity contribution in [2.75, 3.05) is 18.0 Å². The summed E-state index contributed by atoms with van der Waals surface area (Å²) < 4.78 is 0. The molecule has 0 amide bonds. The third-order valence-electron chi connectivity index (χ3n) is 5.10. The first-order valence-corrected chi connectivity index (χ1v) is 9.17. The zero-order valence-electron chi connectivity index (χ0n) is 14.7. The highest BCUT2D eigenvalue weighted by Crippen LogP contribution is 2.19. The Kier molecular flexibility index (Phi) is 4.65. The number of nitrogens with zero attached hydrogens (tertiary/aromatic N) is 3. The van der Waals surface area contributed by atoms with Crippen molar-refractivity contribution < 1.29 is 0 Å². The molecule has 0 aliphatic carbocycles. The number of aryl methyl sites for hydroxylation is 1. The number of fused-ring (bicyclic) bond motifs is 1. The third kappa shape index (κ3) is 3.66. The van der Waals surface area contributed by atoms with E-state index in [0.717, 1.165) is 50.4 Å². The van der Waals surface area contributed by atoms with Crippen LogP contribution in [0.5, 0.6) is 0 Å². The van der Waals surface area contributed by atoms with E-state index in [4.69, 9.17) is 0 Å². The van der Waals surface area contributed by atoms with Crippen molar-refractivity contribution in [3.63, 3.8) is 0 Å². The average Bonchev–Trinajstić information content (AvgIpc) is 3.14. The van der Waals surface area contributed by atoms with Gasteiger partial charge >= 0.3 is 0 Å². The number of aromatic nitrogens is 3. The van der Waals surface area contributed by atoms with E-state index in [1.165, 1.54) is 16.5 Å². The van der Waals surface area contributed by atoms with Gasteiger partial charge in [-0.25, -0.2) is 9.97 Å². The minimum Gasteiger partial charge on any atom is -0.361 e. The number of anilines is 1. The number of benzene rings is 1. The van der Waals surface area contributed by atoms with E-state index in [0.29, 0.717) is 6.04 Å². The Morgan fingerprint density at radius 1 is 1.16 bits per heavy atom. The summed E-state index contributed by atoms with van der Waals surface area (Å²) in [5.41, 5.74) is 3.66. The van der Waals surface area contributed by atoms with Crippen LogP contribution in [-0.4, -0.2) is 34.1 Å². The molecule has 4 rings (SSSR count). The molecule has 5 nitrogen and oxygen atoms in total. The topological polar surface area (TPSA) is 56.8 Å². The monoisotopic (exact) mass is 335 g/mol. The van der Waals surface area contributed by atoms with Crippen molar-refractivity contribution in [1.82, 2.24) is 20.3 Å². The number of piperidine rings is 1. The summed E-state index contributed by atoms with van der Waals surface area (Å²) in [4.78, 5) is 14.4. The zero-order chi connectivity index (χ0) is 17.1. The Labute approximate surface area is 148 Å². The van der Waals surface area contributed by atoms with Gasteiger partial charge in [-0.3, -0.25) is 0 Å². The number of H-pyrrole nitrogens is 1. The van der Waals surface area contributed by atoms with Crippen molar-refractivity contribution in [2.24, 2.45) is 0 Å². The largest absolute Gasteiger partial charge is 0.361 e. The Hall–Kier alpha value is -2.40. The van der Waals surface area contributed by atoms with Gasteiger partial charge in [0.1, 0.15) is 12.1 Å². The van der Waals surface area contributed by atoms with Crippen LogP contribution >= 0.6 is 0 Å². The first-order valence-electron chi connectivity index (χ1n) is 9.17. The van der Waals surface area contributed by atoms with Crippen LogP contribution in [0.1, 0.15) is 31.0 Å². The summed E-state index contributed by atoms with van der Waals surface area (Å²) in [7, 11) is 0. The second-order valence-corrected chi connectivity index (χ2v) is 6.76. The van der Waals surface area contributed by atoms with Crippen LogP contribution in [0, 0.1) is 0 Å². The second-order valence-electron chi connectivity index (χ2n) is 6.76. The van der Waals surface area contributed by atoms with Crippen molar-refractivity contribution in [1.29, 1.82) is 0 Å². The maximum Gasteiger partial charge on any atom is 0.132 e. The fraction of sp³-hybridized carbons (Fsp3) is 0.400. The minimum absolute atomic E-state index is 0.572. The van der Waals surface area contributed by atoms with Gasteiger partial charge in [0.2, 0.25) is 0 Å². The Morgan fingerprint density at radius 3 is 2.88 bits per heavy atom. The van der Waals surface area contributed by atoms with E-state index >= 15 is 0 Å². The molecular formula is C20H25N5. The van der Waals surface area contributed by atoms with Crippen LogP contribution in [0.25, 0.3) is 10.9 Å². The highest BCUT2D eigenvalue weighted by atomic mass is 15.2. The molecule has 0 saturated carbocycles. The van der Waals surface area contributed by atoms with Crippen molar-refractivity contribution in [2.45, 2.75) is 38.8 Å². The maximum absolute atomic E-state index is 4.44. The van der Waals surface area contributed by atoms with Crippen molar-refractivity contribution in [3.8, 4) is 0 Å². The van der Waals surface area contributed by atoms with Gasteiger partial charge in [-0.15, -0.1) is 0 Å². The lowest BCUT2D eigenvalue weighted by molar-refractivity contribution is 0.412. The fourth-order valence-corrected chi connectivity index (χ4v) is 3.53. The van der Waals surface area contributed by atoms with Crippen LogP contribution in [0.3, 0.4) is 0 Å². The number of nitrogens with one attached hydrogen (secondary N) is 2. The highest BCUT2D eigenvalue weighted by molar-refractivity contribution is 5.79. The molecular weight excluding hydrogens is 310 g/mol. The predicted molar refractivity (Wildman–Crippen MR) is 102 cm³/mol. The normalized spacial score (nSPS) is 15.8. The van der Waals surface area contributed by atoms with Gasteiger partial charge in [0.15, 0.2) is 0 Å². The lowest BCUT2D eigenvalue weighted by atomic mass is 10.0.